The third-order valence-electron chi connectivity index (χ3n) is 6.07. The summed E-state index contributed by atoms with van der Waals surface area (Å²) >= 11 is 0. The Balaban J connectivity index is 1.19. The Morgan fingerprint density at radius 1 is 1.20 bits per heavy atom. The summed E-state index contributed by atoms with van der Waals surface area (Å²) in [6.45, 7) is 2.38. The second-order valence-electron chi connectivity index (χ2n) is 8.29. The van der Waals surface area contributed by atoms with Crippen molar-refractivity contribution < 1.29 is 26.7 Å². The van der Waals surface area contributed by atoms with Crippen molar-refractivity contribution in [2.45, 2.75) is 38.8 Å². The molecule has 0 N–H and O–H groups in total. The molecule has 1 aliphatic heterocycles. The van der Waals surface area contributed by atoms with Crippen molar-refractivity contribution >= 4 is 0 Å². The van der Waals surface area contributed by atoms with Crippen molar-refractivity contribution in [1.29, 1.82) is 0 Å². The van der Waals surface area contributed by atoms with E-state index in [4.69, 9.17) is 9.15 Å². The van der Waals surface area contributed by atoms with Gasteiger partial charge in [0.25, 0.3) is 5.89 Å². The fourth-order valence-electron chi connectivity index (χ4n) is 4.47. The molecule has 2 aromatic rings. The SMILES string of the molecule is Cc1nnc(-c2ccc(OCC[C@@H]3C[C@@H]3C3CCN(CC(F)(F)F)CC3)cc2F)o1. The Labute approximate surface area is 172 Å². The first kappa shape index (κ1) is 21.1. The molecule has 0 unspecified atom stereocenters. The average Bonchev–Trinajstić information content (AvgIpc) is 3.32. The fraction of sp³-hybridized carbons (Fsp3) is 0.619. The zero-order chi connectivity index (χ0) is 21.3. The zero-order valence-corrected chi connectivity index (χ0v) is 16.8. The lowest BCUT2D eigenvalue weighted by Gasteiger charge is -2.32. The van der Waals surface area contributed by atoms with Crippen LogP contribution in [-0.2, 0) is 0 Å². The number of piperidine rings is 1. The molecular weight excluding hydrogens is 402 g/mol. The average molecular weight is 427 g/mol. The number of rotatable bonds is 7. The number of halogens is 4. The molecule has 2 atom stereocenters. The highest BCUT2D eigenvalue weighted by Crippen LogP contribution is 2.49. The van der Waals surface area contributed by atoms with E-state index < -0.39 is 18.5 Å². The van der Waals surface area contributed by atoms with E-state index >= 15 is 0 Å². The third kappa shape index (κ3) is 5.30. The maximum absolute atomic E-state index is 14.3. The highest BCUT2D eigenvalue weighted by molar-refractivity contribution is 5.55. The van der Waals surface area contributed by atoms with Gasteiger partial charge in [-0.25, -0.2) is 4.39 Å². The van der Waals surface area contributed by atoms with Crippen LogP contribution in [0.15, 0.2) is 22.6 Å². The quantitative estimate of drug-likeness (QED) is 0.591. The number of benzene rings is 1. The van der Waals surface area contributed by atoms with Gasteiger partial charge in [-0.1, -0.05) is 0 Å². The van der Waals surface area contributed by atoms with Gasteiger partial charge in [0.2, 0.25) is 5.89 Å². The second-order valence-corrected chi connectivity index (χ2v) is 8.29. The van der Waals surface area contributed by atoms with Crippen molar-refractivity contribution in [3.63, 3.8) is 0 Å². The molecule has 1 saturated carbocycles. The summed E-state index contributed by atoms with van der Waals surface area (Å²) in [5, 5.41) is 7.52. The van der Waals surface area contributed by atoms with E-state index in [1.54, 1.807) is 19.1 Å². The molecule has 1 aliphatic carbocycles. The van der Waals surface area contributed by atoms with Crippen molar-refractivity contribution in [2.24, 2.45) is 17.8 Å². The Morgan fingerprint density at radius 2 is 1.97 bits per heavy atom. The fourth-order valence-corrected chi connectivity index (χ4v) is 4.47. The Bertz CT molecular complexity index is 862. The van der Waals surface area contributed by atoms with Crippen molar-refractivity contribution in [3.05, 3.63) is 29.9 Å². The first-order chi connectivity index (χ1) is 14.3. The van der Waals surface area contributed by atoms with Crippen LogP contribution in [0.3, 0.4) is 0 Å². The van der Waals surface area contributed by atoms with Gasteiger partial charge in [-0.05, 0) is 68.7 Å². The van der Waals surface area contributed by atoms with Crippen molar-refractivity contribution in [3.8, 4) is 17.2 Å². The molecule has 2 heterocycles. The number of aromatic nitrogens is 2. The van der Waals surface area contributed by atoms with E-state index in [9.17, 15) is 17.6 Å². The number of ether oxygens (including phenoxy) is 1. The maximum Gasteiger partial charge on any atom is 0.401 e. The van der Waals surface area contributed by atoms with Crippen LogP contribution in [0.5, 0.6) is 5.75 Å². The lowest BCUT2D eigenvalue weighted by atomic mass is 9.90. The molecule has 0 amide bonds. The number of hydrogen-bond donors (Lipinski definition) is 0. The van der Waals surface area contributed by atoms with Gasteiger partial charge < -0.3 is 9.15 Å². The number of hydrogen-bond acceptors (Lipinski definition) is 5. The minimum atomic E-state index is -4.12. The first-order valence-electron chi connectivity index (χ1n) is 10.3. The summed E-state index contributed by atoms with van der Waals surface area (Å²) in [6.07, 6.45) is -0.467. The van der Waals surface area contributed by atoms with E-state index in [1.807, 2.05) is 0 Å². The normalized spacial score (nSPS) is 23.0. The highest BCUT2D eigenvalue weighted by atomic mass is 19.4. The zero-order valence-electron chi connectivity index (χ0n) is 16.8. The third-order valence-corrected chi connectivity index (χ3v) is 6.07. The van der Waals surface area contributed by atoms with Crippen LogP contribution < -0.4 is 4.74 Å². The van der Waals surface area contributed by atoms with Gasteiger partial charge in [0.15, 0.2) is 0 Å². The maximum atomic E-state index is 14.3. The second kappa shape index (κ2) is 8.53. The lowest BCUT2D eigenvalue weighted by Crippen LogP contribution is -2.40. The molecule has 0 spiro atoms. The van der Waals surface area contributed by atoms with E-state index in [0.717, 1.165) is 25.7 Å². The smallest absolute Gasteiger partial charge is 0.401 e. The van der Waals surface area contributed by atoms with Crippen LogP contribution in [-0.4, -0.2) is 47.5 Å². The summed E-state index contributed by atoms with van der Waals surface area (Å²) in [5.74, 6) is 2.12. The summed E-state index contributed by atoms with van der Waals surface area (Å²) in [7, 11) is 0. The van der Waals surface area contributed by atoms with Crippen LogP contribution in [0.2, 0.25) is 0 Å². The monoisotopic (exact) mass is 427 g/mol. The molecule has 2 fully saturated rings. The predicted octanol–water partition coefficient (Wildman–Crippen LogP) is 4.86. The van der Waals surface area contributed by atoms with Crippen LogP contribution in [0.4, 0.5) is 17.6 Å². The molecule has 2 aliphatic rings. The Kier molecular flexibility index (Phi) is 5.99. The molecule has 0 radical (unpaired) electrons. The van der Waals surface area contributed by atoms with E-state index in [2.05, 4.69) is 10.2 Å². The molecule has 30 heavy (non-hydrogen) atoms. The van der Waals surface area contributed by atoms with Crippen molar-refractivity contribution in [2.75, 3.05) is 26.2 Å². The van der Waals surface area contributed by atoms with E-state index in [-0.39, 0.29) is 11.5 Å². The van der Waals surface area contributed by atoms with Gasteiger partial charge in [-0.15, -0.1) is 10.2 Å². The molecule has 1 aromatic heterocycles. The molecule has 1 aromatic carbocycles. The molecule has 0 bridgehead atoms. The van der Waals surface area contributed by atoms with Crippen molar-refractivity contribution in [1.82, 2.24) is 15.1 Å². The van der Waals surface area contributed by atoms with Gasteiger partial charge in [-0.2, -0.15) is 13.2 Å². The number of likely N-dealkylation sites (tertiary alicyclic amines) is 1. The molecule has 4 rings (SSSR count). The van der Waals surface area contributed by atoms with Crippen LogP contribution in [0, 0.1) is 30.5 Å². The molecule has 5 nitrogen and oxygen atoms in total. The molecule has 1 saturated heterocycles. The largest absolute Gasteiger partial charge is 0.493 e. The minimum Gasteiger partial charge on any atom is -0.493 e. The minimum absolute atomic E-state index is 0.138. The van der Waals surface area contributed by atoms with Crippen LogP contribution in [0.25, 0.3) is 11.5 Å². The standard InChI is InChI=1S/C21H25F4N3O2/c1-13-26-27-20(30-13)17-3-2-16(11-19(17)22)29-9-6-15-10-18(15)14-4-7-28(8-5-14)12-21(23,24)25/h2-3,11,14-15,18H,4-10,12H2,1H3/t15-,18-/m1/s1. The summed E-state index contributed by atoms with van der Waals surface area (Å²) < 4.78 is 62.7. The summed E-state index contributed by atoms with van der Waals surface area (Å²) in [5.41, 5.74) is 0.238. The van der Waals surface area contributed by atoms with Gasteiger partial charge in [0.05, 0.1) is 18.7 Å². The molecule has 9 heteroatoms. The first-order valence-corrected chi connectivity index (χ1v) is 10.3. The van der Waals surface area contributed by atoms with E-state index in [1.165, 1.54) is 11.0 Å². The predicted molar refractivity (Wildman–Crippen MR) is 101 cm³/mol. The van der Waals surface area contributed by atoms with E-state index in [0.29, 0.717) is 49.1 Å². The van der Waals surface area contributed by atoms with Gasteiger partial charge >= 0.3 is 6.18 Å². The molecule has 164 valence electrons. The Morgan fingerprint density at radius 3 is 2.60 bits per heavy atom. The van der Waals surface area contributed by atoms with Crippen LogP contribution in [0.1, 0.15) is 31.6 Å². The topological polar surface area (TPSA) is 51.4 Å². The van der Waals surface area contributed by atoms with Gasteiger partial charge in [-0.3, -0.25) is 4.90 Å². The number of aryl methyl sites for hydroxylation is 1. The van der Waals surface area contributed by atoms with Gasteiger partial charge in [0, 0.05) is 13.0 Å². The number of nitrogens with zero attached hydrogens (tertiary/aromatic N) is 3. The number of alkyl halides is 3. The highest BCUT2D eigenvalue weighted by Gasteiger charge is 2.43. The summed E-state index contributed by atoms with van der Waals surface area (Å²) in [4.78, 5) is 1.50. The lowest BCUT2D eigenvalue weighted by molar-refractivity contribution is -0.148. The van der Waals surface area contributed by atoms with Crippen LogP contribution >= 0.6 is 0 Å². The van der Waals surface area contributed by atoms with Gasteiger partial charge in [0.1, 0.15) is 11.6 Å². The summed E-state index contributed by atoms with van der Waals surface area (Å²) in [6, 6.07) is 4.56. The Hall–Kier alpha value is -2.16. The molecular formula is C21H25F4N3O2.